The fourth-order valence-electron chi connectivity index (χ4n) is 1.44. The summed E-state index contributed by atoms with van der Waals surface area (Å²) in [5.41, 5.74) is 1.80. The van der Waals surface area contributed by atoms with Crippen molar-refractivity contribution < 1.29 is 0 Å². The van der Waals surface area contributed by atoms with Gasteiger partial charge in [0, 0.05) is 29.4 Å². The van der Waals surface area contributed by atoms with Gasteiger partial charge < -0.3 is 4.90 Å². The molecule has 1 nitrogen and oxygen atoms in total. The summed E-state index contributed by atoms with van der Waals surface area (Å²) in [4.78, 5) is 1.83. The van der Waals surface area contributed by atoms with Gasteiger partial charge in [-0.05, 0) is 42.3 Å². The normalized spacial score (nSPS) is 9.50. The van der Waals surface area contributed by atoms with E-state index in [1.54, 1.807) is 0 Å². The Kier molecular flexibility index (Phi) is 4.15. The van der Waals surface area contributed by atoms with Crippen molar-refractivity contribution in [3.8, 4) is 12.0 Å². The Balaban J connectivity index is 2.20. The molecule has 0 saturated heterocycles. The average molecular weight is 276 g/mol. The van der Waals surface area contributed by atoms with Gasteiger partial charge in [0.1, 0.15) is 0 Å². The van der Waals surface area contributed by atoms with Crippen LogP contribution in [0.3, 0.4) is 0 Å². The molecule has 0 atom stereocenters. The van der Waals surface area contributed by atoms with Crippen LogP contribution in [-0.2, 0) is 0 Å². The van der Waals surface area contributed by atoms with Crippen molar-refractivity contribution >= 4 is 28.9 Å². The average Bonchev–Trinajstić information content (AvgIpc) is 2.38. The Morgan fingerprint density at radius 1 is 0.944 bits per heavy atom. The monoisotopic (exact) mass is 275 g/mol. The fourth-order valence-corrected chi connectivity index (χ4v) is 1.74. The first-order valence-electron chi connectivity index (χ1n) is 5.42. The van der Waals surface area contributed by atoms with Crippen molar-refractivity contribution in [2.24, 2.45) is 0 Å². The lowest BCUT2D eigenvalue weighted by Gasteiger charge is -2.10. The molecule has 18 heavy (non-hydrogen) atoms. The number of halogens is 2. The van der Waals surface area contributed by atoms with E-state index in [1.165, 1.54) is 0 Å². The molecule has 3 heteroatoms. The van der Waals surface area contributed by atoms with E-state index < -0.39 is 0 Å². The van der Waals surface area contributed by atoms with E-state index in [1.807, 2.05) is 60.5 Å². The van der Waals surface area contributed by atoms with Gasteiger partial charge in [0.2, 0.25) is 0 Å². The minimum absolute atomic E-state index is 0.662. The molecule has 90 valence electrons. The van der Waals surface area contributed by atoms with Gasteiger partial charge in [-0.1, -0.05) is 35.3 Å². The van der Waals surface area contributed by atoms with E-state index in [0.29, 0.717) is 10.0 Å². The van der Waals surface area contributed by atoms with Gasteiger partial charge in [-0.15, -0.1) is 0 Å². The van der Waals surface area contributed by atoms with Gasteiger partial charge in [-0.2, -0.15) is 0 Å². The Hall–Kier alpha value is -1.62. The third-order valence-electron chi connectivity index (χ3n) is 2.45. The largest absolute Gasteiger partial charge is 0.304 e. The summed E-state index contributed by atoms with van der Waals surface area (Å²) in [5.74, 6) is 3.04. The summed E-state index contributed by atoms with van der Waals surface area (Å²) in [5, 5.41) is 1.38. The molecule has 2 aromatic carbocycles. The zero-order chi connectivity index (χ0) is 13.0. The van der Waals surface area contributed by atoms with Crippen molar-refractivity contribution in [3.63, 3.8) is 0 Å². The van der Waals surface area contributed by atoms with Crippen molar-refractivity contribution in [1.82, 2.24) is 0 Å². The highest BCUT2D eigenvalue weighted by molar-refractivity contribution is 6.31. The number of hydrogen-bond donors (Lipinski definition) is 0. The number of anilines is 1. The quantitative estimate of drug-likeness (QED) is 0.550. The molecule has 0 aliphatic heterocycles. The molecule has 0 aromatic heterocycles. The molecule has 0 unspecified atom stereocenters. The van der Waals surface area contributed by atoms with E-state index in [9.17, 15) is 0 Å². The predicted molar refractivity (Wildman–Crippen MR) is 78.2 cm³/mol. The van der Waals surface area contributed by atoms with Crippen LogP contribution in [0.25, 0.3) is 0 Å². The standard InChI is InChI=1S/C15H11Cl2N/c1-18(14-8-6-13(16)7-9-14)11-10-12-4-2-3-5-15(12)17/h2-9H,1H3. The zero-order valence-electron chi connectivity index (χ0n) is 9.82. The fraction of sp³-hybridized carbons (Fsp3) is 0.0667. The highest BCUT2D eigenvalue weighted by Crippen LogP contribution is 2.17. The van der Waals surface area contributed by atoms with Crippen LogP contribution in [0.15, 0.2) is 48.5 Å². The molecule has 0 N–H and O–H groups in total. The zero-order valence-corrected chi connectivity index (χ0v) is 11.3. The molecule has 0 saturated carbocycles. The lowest BCUT2D eigenvalue weighted by Crippen LogP contribution is -2.08. The Morgan fingerprint density at radius 2 is 1.61 bits per heavy atom. The van der Waals surface area contributed by atoms with Crippen LogP contribution < -0.4 is 4.90 Å². The molecular weight excluding hydrogens is 265 g/mol. The van der Waals surface area contributed by atoms with Crippen LogP contribution in [0.2, 0.25) is 10.0 Å². The second kappa shape index (κ2) is 5.82. The van der Waals surface area contributed by atoms with Gasteiger partial charge in [0.15, 0.2) is 0 Å². The molecule has 2 rings (SSSR count). The highest BCUT2D eigenvalue weighted by Gasteiger charge is 1.97. The topological polar surface area (TPSA) is 3.24 Å². The van der Waals surface area contributed by atoms with Gasteiger partial charge in [-0.3, -0.25) is 0 Å². The third kappa shape index (κ3) is 3.20. The van der Waals surface area contributed by atoms with Gasteiger partial charge >= 0.3 is 0 Å². The van der Waals surface area contributed by atoms with Crippen LogP contribution in [0.4, 0.5) is 5.69 Å². The summed E-state index contributed by atoms with van der Waals surface area (Å²) in [6.07, 6.45) is 0. The number of benzene rings is 2. The second-order valence-electron chi connectivity index (χ2n) is 3.75. The molecule has 0 radical (unpaired) electrons. The molecule has 0 bridgehead atoms. The van der Waals surface area contributed by atoms with Crippen LogP contribution in [0.1, 0.15) is 5.56 Å². The highest BCUT2D eigenvalue weighted by atomic mass is 35.5. The summed E-state index contributed by atoms with van der Waals surface area (Å²) in [7, 11) is 1.90. The van der Waals surface area contributed by atoms with Gasteiger partial charge in [0.05, 0.1) is 5.02 Å². The molecule has 0 spiro atoms. The lowest BCUT2D eigenvalue weighted by molar-refractivity contribution is 1.25. The SMILES string of the molecule is CN(C#Cc1ccccc1Cl)c1ccc(Cl)cc1. The van der Waals surface area contributed by atoms with Gasteiger partial charge in [0.25, 0.3) is 0 Å². The van der Waals surface area contributed by atoms with Crippen molar-refractivity contribution in [2.45, 2.75) is 0 Å². The molecule has 0 fully saturated rings. The van der Waals surface area contributed by atoms with E-state index in [2.05, 4.69) is 12.0 Å². The third-order valence-corrected chi connectivity index (χ3v) is 3.03. The van der Waals surface area contributed by atoms with Crippen LogP contribution >= 0.6 is 23.2 Å². The molecular formula is C15H11Cl2N. The molecule has 0 heterocycles. The van der Waals surface area contributed by atoms with E-state index >= 15 is 0 Å². The molecule has 0 amide bonds. The van der Waals surface area contributed by atoms with E-state index in [0.717, 1.165) is 11.3 Å². The molecule has 0 aliphatic rings. The number of hydrogen-bond acceptors (Lipinski definition) is 1. The van der Waals surface area contributed by atoms with Crippen LogP contribution in [0.5, 0.6) is 0 Å². The smallest absolute Gasteiger partial charge is 0.0563 e. The lowest BCUT2D eigenvalue weighted by atomic mass is 10.2. The van der Waals surface area contributed by atoms with Crippen LogP contribution in [-0.4, -0.2) is 7.05 Å². The summed E-state index contributed by atoms with van der Waals surface area (Å²) >= 11 is 11.9. The predicted octanol–water partition coefficient (Wildman–Crippen LogP) is 4.44. The Labute approximate surface area is 117 Å². The minimum Gasteiger partial charge on any atom is -0.304 e. The Bertz CT molecular complexity index is 594. The van der Waals surface area contributed by atoms with Crippen molar-refractivity contribution in [3.05, 3.63) is 64.1 Å². The molecule has 2 aromatic rings. The van der Waals surface area contributed by atoms with E-state index in [-0.39, 0.29) is 0 Å². The first-order valence-corrected chi connectivity index (χ1v) is 6.18. The first kappa shape index (κ1) is 12.8. The second-order valence-corrected chi connectivity index (χ2v) is 4.60. The van der Waals surface area contributed by atoms with Gasteiger partial charge in [-0.25, -0.2) is 0 Å². The Morgan fingerprint density at radius 3 is 2.28 bits per heavy atom. The maximum absolute atomic E-state index is 6.04. The minimum atomic E-state index is 0.662. The maximum atomic E-state index is 6.04. The summed E-state index contributed by atoms with van der Waals surface area (Å²) in [6, 6.07) is 18.1. The van der Waals surface area contributed by atoms with Crippen molar-refractivity contribution in [2.75, 3.05) is 11.9 Å². The maximum Gasteiger partial charge on any atom is 0.0563 e. The molecule has 0 aliphatic carbocycles. The van der Waals surface area contributed by atoms with Crippen LogP contribution in [0, 0.1) is 12.0 Å². The first-order chi connectivity index (χ1) is 8.66. The number of nitrogens with zero attached hydrogens (tertiary/aromatic N) is 1. The number of rotatable bonds is 1. The van der Waals surface area contributed by atoms with E-state index in [4.69, 9.17) is 23.2 Å². The van der Waals surface area contributed by atoms with Crippen molar-refractivity contribution in [1.29, 1.82) is 0 Å². The summed E-state index contributed by atoms with van der Waals surface area (Å²) < 4.78 is 0. The summed E-state index contributed by atoms with van der Waals surface area (Å²) in [6.45, 7) is 0.